The Hall–Kier alpha value is -2.74. The third kappa shape index (κ3) is 3.85. The van der Waals surface area contributed by atoms with Crippen LogP contribution in [0, 0.1) is 16.0 Å². The molecular weight excluding hydrogens is 342 g/mol. The van der Waals surface area contributed by atoms with Crippen LogP contribution in [0.15, 0.2) is 30.3 Å². The van der Waals surface area contributed by atoms with Gasteiger partial charge in [-0.05, 0) is 48.9 Å². The number of hydrazine groups is 1. The minimum atomic E-state index is -0.539. The fourth-order valence-corrected chi connectivity index (χ4v) is 3.90. The van der Waals surface area contributed by atoms with E-state index in [4.69, 9.17) is 0 Å². The van der Waals surface area contributed by atoms with Crippen molar-refractivity contribution >= 4 is 28.8 Å². The lowest BCUT2D eigenvalue weighted by Crippen LogP contribution is -2.41. The third-order valence-electron chi connectivity index (χ3n) is 4.18. The predicted octanol–water partition coefficient (Wildman–Crippen LogP) is 2.86. The van der Waals surface area contributed by atoms with Crippen LogP contribution in [-0.4, -0.2) is 16.7 Å². The average molecular weight is 359 g/mol. The van der Waals surface area contributed by atoms with Crippen LogP contribution in [0.1, 0.15) is 43.8 Å². The molecule has 2 N–H and O–H groups in total. The maximum Gasteiger partial charge on any atom is 0.279 e. The summed E-state index contributed by atoms with van der Waals surface area (Å²) in [6, 6.07) is 7.05. The van der Waals surface area contributed by atoms with Gasteiger partial charge in [-0.3, -0.25) is 30.6 Å². The summed E-state index contributed by atoms with van der Waals surface area (Å²) in [6.07, 6.45) is 3.10. The number of benzene rings is 1. The van der Waals surface area contributed by atoms with Crippen molar-refractivity contribution in [2.45, 2.75) is 26.2 Å². The molecule has 7 nitrogen and oxygen atoms in total. The number of non-ortho nitro benzene ring substituents is 1. The minimum absolute atomic E-state index is 0.0982. The van der Waals surface area contributed by atoms with Gasteiger partial charge < -0.3 is 0 Å². The molecule has 0 radical (unpaired) electrons. The van der Waals surface area contributed by atoms with Crippen molar-refractivity contribution in [2.24, 2.45) is 5.92 Å². The Bertz CT molecular complexity index is 829. The highest BCUT2D eigenvalue weighted by molar-refractivity contribution is 7.14. The van der Waals surface area contributed by atoms with Crippen molar-refractivity contribution in [3.05, 3.63) is 61.3 Å². The van der Waals surface area contributed by atoms with Crippen molar-refractivity contribution in [1.29, 1.82) is 0 Å². The molecule has 0 spiro atoms. The Kier molecular flexibility index (Phi) is 4.80. The zero-order valence-electron chi connectivity index (χ0n) is 13.6. The molecule has 0 saturated carbocycles. The fourth-order valence-electron chi connectivity index (χ4n) is 2.80. The SMILES string of the molecule is CC1CCc2sc(C(=O)NNC(=O)c3ccc([N+](=O)[O-])cc3)cc2C1. The van der Waals surface area contributed by atoms with Crippen molar-refractivity contribution in [3.63, 3.8) is 0 Å². The van der Waals surface area contributed by atoms with Crippen LogP contribution >= 0.6 is 11.3 Å². The number of fused-ring (bicyclic) bond motifs is 1. The number of nitro benzene ring substituents is 1. The molecule has 1 heterocycles. The highest BCUT2D eigenvalue weighted by Gasteiger charge is 2.21. The monoisotopic (exact) mass is 359 g/mol. The first-order valence-corrected chi connectivity index (χ1v) is 8.72. The Morgan fingerprint density at radius 2 is 1.88 bits per heavy atom. The van der Waals surface area contributed by atoms with Crippen LogP contribution < -0.4 is 10.9 Å². The van der Waals surface area contributed by atoms with Gasteiger partial charge in [0.1, 0.15) is 0 Å². The summed E-state index contributed by atoms with van der Waals surface area (Å²) in [7, 11) is 0. The van der Waals surface area contributed by atoms with Gasteiger partial charge in [-0.25, -0.2) is 0 Å². The highest BCUT2D eigenvalue weighted by Crippen LogP contribution is 2.32. The van der Waals surface area contributed by atoms with E-state index in [9.17, 15) is 19.7 Å². The fraction of sp³-hybridized carbons (Fsp3) is 0.294. The summed E-state index contributed by atoms with van der Waals surface area (Å²) in [4.78, 5) is 36.1. The van der Waals surface area contributed by atoms with Gasteiger partial charge in [-0.15, -0.1) is 11.3 Å². The molecule has 8 heteroatoms. The Morgan fingerprint density at radius 3 is 2.56 bits per heavy atom. The lowest BCUT2D eigenvalue weighted by molar-refractivity contribution is -0.384. The molecule has 130 valence electrons. The number of hydrogen-bond donors (Lipinski definition) is 2. The van der Waals surface area contributed by atoms with Gasteiger partial charge in [0.05, 0.1) is 9.80 Å². The standard InChI is InChI=1S/C17H17N3O4S/c1-10-2-7-14-12(8-10)9-15(25-14)17(22)19-18-16(21)11-3-5-13(6-4-11)20(23)24/h3-6,9-10H,2,7-8H2,1H3,(H,18,21)(H,19,22). The number of aryl methyl sites for hydroxylation is 1. The minimum Gasteiger partial charge on any atom is -0.267 e. The van der Waals surface area contributed by atoms with Gasteiger partial charge in [0.25, 0.3) is 17.5 Å². The molecule has 1 atom stereocenters. The molecule has 0 fully saturated rings. The third-order valence-corrected chi connectivity index (χ3v) is 5.42. The molecule has 25 heavy (non-hydrogen) atoms. The van der Waals surface area contributed by atoms with E-state index in [1.54, 1.807) is 0 Å². The van der Waals surface area contributed by atoms with Gasteiger partial charge in [0.15, 0.2) is 0 Å². The summed E-state index contributed by atoms with van der Waals surface area (Å²) >= 11 is 1.46. The number of carbonyl (C=O) groups is 2. The van der Waals surface area contributed by atoms with Crippen LogP contribution in [0.2, 0.25) is 0 Å². The molecule has 0 aliphatic heterocycles. The van der Waals surface area contributed by atoms with Gasteiger partial charge in [-0.1, -0.05) is 6.92 Å². The van der Waals surface area contributed by atoms with E-state index in [-0.39, 0.29) is 17.2 Å². The maximum absolute atomic E-state index is 12.2. The number of amides is 2. The zero-order chi connectivity index (χ0) is 18.0. The number of thiophene rings is 1. The van der Waals surface area contributed by atoms with Gasteiger partial charge in [0.2, 0.25) is 0 Å². The molecule has 3 rings (SSSR count). The molecule has 1 aromatic carbocycles. The first kappa shape index (κ1) is 17.1. The first-order valence-electron chi connectivity index (χ1n) is 7.90. The number of nitrogens with zero attached hydrogens (tertiary/aromatic N) is 1. The normalized spacial score (nSPS) is 16.0. The van der Waals surface area contributed by atoms with Crippen LogP contribution in [0.5, 0.6) is 0 Å². The lowest BCUT2D eigenvalue weighted by atomic mass is 9.90. The van der Waals surface area contributed by atoms with E-state index >= 15 is 0 Å². The molecule has 0 saturated heterocycles. The summed E-state index contributed by atoms with van der Waals surface area (Å²) < 4.78 is 0. The van der Waals surface area contributed by atoms with Crippen LogP contribution in [0.25, 0.3) is 0 Å². The lowest BCUT2D eigenvalue weighted by Gasteiger charge is -2.16. The second-order valence-corrected chi connectivity index (χ2v) is 7.26. The van der Waals surface area contributed by atoms with E-state index in [2.05, 4.69) is 17.8 Å². The Balaban J connectivity index is 1.60. The molecule has 2 amide bonds. The summed E-state index contributed by atoms with van der Waals surface area (Å²) in [5.74, 6) is -0.264. The van der Waals surface area contributed by atoms with Crippen LogP contribution in [-0.2, 0) is 12.8 Å². The van der Waals surface area contributed by atoms with Crippen LogP contribution in [0.3, 0.4) is 0 Å². The van der Waals surface area contributed by atoms with Crippen molar-refractivity contribution in [3.8, 4) is 0 Å². The highest BCUT2D eigenvalue weighted by atomic mass is 32.1. The Labute approximate surface area is 148 Å². The topological polar surface area (TPSA) is 101 Å². The molecule has 1 aliphatic carbocycles. The smallest absolute Gasteiger partial charge is 0.267 e. The van der Waals surface area contributed by atoms with E-state index < -0.39 is 10.8 Å². The van der Waals surface area contributed by atoms with E-state index in [1.807, 2.05) is 6.07 Å². The quantitative estimate of drug-likeness (QED) is 0.650. The second-order valence-electron chi connectivity index (χ2n) is 6.12. The summed E-state index contributed by atoms with van der Waals surface area (Å²) in [5, 5.41) is 10.6. The van der Waals surface area contributed by atoms with Gasteiger partial charge >= 0.3 is 0 Å². The maximum atomic E-state index is 12.2. The summed E-state index contributed by atoms with van der Waals surface area (Å²) in [6.45, 7) is 2.20. The number of rotatable bonds is 3. The molecular formula is C17H17N3O4S. The van der Waals surface area contributed by atoms with Crippen LogP contribution in [0.4, 0.5) is 5.69 Å². The van der Waals surface area contributed by atoms with Crippen molar-refractivity contribution in [1.82, 2.24) is 10.9 Å². The first-order chi connectivity index (χ1) is 11.9. The molecule has 1 aromatic heterocycles. The average Bonchev–Trinajstić information content (AvgIpc) is 3.02. The zero-order valence-corrected chi connectivity index (χ0v) is 14.4. The molecule has 0 bridgehead atoms. The molecule has 1 unspecified atom stereocenters. The van der Waals surface area contributed by atoms with E-state index in [0.717, 1.165) is 19.3 Å². The van der Waals surface area contributed by atoms with Crippen molar-refractivity contribution < 1.29 is 14.5 Å². The summed E-state index contributed by atoms with van der Waals surface area (Å²) in [5.41, 5.74) is 6.07. The number of nitrogens with one attached hydrogen (secondary N) is 2. The van der Waals surface area contributed by atoms with Crippen molar-refractivity contribution in [2.75, 3.05) is 0 Å². The molecule has 1 aliphatic rings. The Morgan fingerprint density at radius 1 is 1.20 bits per heavy atom. The van der Waals surface area contributed by atoms with Gasteiger partial charge in [-0.2, -0.15) is 0 Å². The predicted molar refractivity (Wildman–Crippen MR) is 93.5 cm³/mol. The molecule has 2 aromatic rings. The van der Waals surface area contributed by atoms with E-state index in [0.29, 0.717) is 10.8 Å². The largest absolute Gasteiger partial charge is 0.279 e. The van der Waals surface area contributed by atoms with Gasteiger partial charge in [0, 0.05) is 22.6 Å². The second kappa shape index (κ2) is 7.02. The number of carbonyl (C=O) groups excluding carboxylic acids is 2. The van der Waals surface area contributed by atoms with E-state index in [1.165, 1.54) is 46.0 Å². The number of nitro groups is 1. The number of hydrogen-bond acceptors (Lipinski definition) is 5.